The SMILES string of the molecule is CC(=O)C(N=Nc1cc(C(=O)Nc2cc(Cl)ccc2Cl)ccc1Cl)C(=O)Nc1ccc(NC(=O)C(N=Nc2cc(C(=O)Nc3cc(Cl)ccc3Cl)ccc2Cl)C(C)=O)c(CCCl)c1. The van der Waals surface area contributed by atoms with E-state index in [1.807, 2.05) is 0 Å². The number of benzene rings is 5. The van der Waals surface area contributed by atoms with Crippen molar-refractivity contribution in [1.82, 2.24) is 0 Å². The van der Waals surface area contributed by atoms with Crippen LogP contribution in [-0.4, -0.2) is 53.2 Å². The maximum absolute atomic E-state index is 13.4. The van der Waals surface area contributed by atoms with Crippen molar-refractivity contribution < 1.29 is 28.8 Å². The largest absolute Gasteiger partial charge is 0.324 e. The Morgan fingerprint density at radius 1 is 0.508 bits per heavy atom. The van der Waals surface area contributed by atoms with Gasteiger partial charge in [0.15, 0.2) is 11.6 Å². The molecule has 0 saturated heterocycles. The van der Waals surface area contributed by atoms with E-state index in [-0.39, 0.29) is 77.6 Å². The fourth-order valence-electron chi connectivity index (χ4n) is 5.43. The summed E-state index contributed by atoms with van der Waals surface area (Å²) in [6, 6.07) is 18.5. The number of azo groups is 2. The lowest BCUT2D eigenvalue weighted by atomic mass is 10.1. The van der Waals surface area contributed by atoms with E-state index in [1.54, 1.807) is 12.1 Å². The van der Waals surface area contributed by atoms with Crippen LogP contribution in [0.1, 0.15) is 40.1 Å². The number of hydrogen-bond donors (Lipinski definition) is 4. The van der Waals surface area contributed by atoms with Crippen molar-refractivity contribution in [1.29, 1.82) is 0 Å². The van der Waals surface area contributed by atoms with Crippen molar-refractivity contribution in [2.45, 2.75) is 32.4 Å². The zero-order valence-electron chi connectivity index (χ0n) is 32.6. The van der Waals surface area contributed by atoms with Gasteiger partial charge in [0.1, 0.15) is 11.4 Å². The number of hydrogen-bond acceptors (Lipinski definition) is 10. The number of amides is 4. The predicted molar refractivity (Wildman–Crippen MR) is 248 cm³/mol. The number of nitrogens with zero attached hydrogens (tertiary/aromatic N) is 4. The second-order valence-corrected chi connectivity index (χ2v) is 16.1. The summed E-state index contributed by atoms with van der Waals surface area (Å²) in [4.78, 5) is 78.0. The molecule has 14 nitrogen and oxygen atoms in total. The lowest BCUT2D eigenvalue weighted by Gasteiger charge is -2.15. The van der Waals surface area contributed by atoms with Crippen LogP contribution in [0.4, 0.5) is 34.1 Å². The number of alkyl halides is 1. The van der Waals surface area contributed by atoms with Crippen LogP contribution in [0.3, 0.4) is 0 Å². The molecule has 0 bridgehead atoms. The van der Waals surface area contributed by atoms with Gasteiger partial charge in [0.2, 0.25) is 12.1 Å². The highest BCUT2D eigenvalue weighted by atomic mass is 35.5. The van der Waals surface area contributed by atoms with Gasteiger partial charge in [-0.15, -0.1) is 11.6 Å². The topological polar surface area (TPSA) is 200 Å². The lowest BCUT2D eigenvalue weighted by molar-refractivity contribution is -0.127. The van der Waals surface area contributed by atoms with Crippen LogP contribution in [-0.2, 0) is 25.6 Å². The van der Waals surface area contributed by atoms with E-state index in [2.05, 4.69) is 41.7 Å². The van der Waals surface area contributed by atoms with Gasteiger partial charge in [0.05, 0.1) is 31.5 Å². The molecule has 5 aromatic carbocycles. The standard InChI is InChI=1S/C42H31Cl7N8O6/c1-20(58)37(56-54-35-16-23(3-8-30(35)48)39(60)52-33-18-25(44)5-10-28(33)46)41(62)50-27-7-12-32(22(15-27)13-14-43)51-42(63)38(21(2)59)57-55-36-17-24(4-9-31(36)49)40(61)53-34-19-26(45)6-11-29(34)47/h3-12,15-19,37-38H,13-14H2,1-2H3,(H,50,62)(H,51,63)(H,52,60)(H,53,61). The van der Waals surface area contributed by atoms with Gasteiger partial charge in [0, 0.05) is 38.4 Å². The molecule has 63 heavy (non-hydrogen) atoms. The summed E-state index contributed by atoms with van der Waals surface area (Å²) in [5, 5.41) is 27.8. The number of nitrogens with one attached hydrogen (secondary N) is 4. The maximum atomic E-state index is 13.4. The molecule has 324 valence electrons. The fraction of sp³-hybridized carbons (Fsp3) is 0.143. The van der Waals surface area contributed by atoms with Gasteiger partial charge in [-0.25, -0.2) is 0 Å². The van der Waals surface area contributed by atoms with E-state index in [0.29, 0.717) is 15.6 Å². The zero-order chi connectivity index (χ0) is 46.0. The van der Waals surface area contributed by atoms with Crippen molar-refractivity contribution in [3.8, 4) is 0 Å². The molecule has 5 aromatic rings. The van der Waals surface area contributed by atoms with Gasteiger partial charge in [-0.05, 0) is 117 Å². The second kappa shape index (κ2) is 22.3. The Hall–Kier alpha value is -5.45. The minimum absolute atomic E-state index is 0.00634. The van der Waals surface area contributed by atoms with Crippen LogP contribution in [0.2, 0.25) is 30.1 Å². The summed E-state index contributed by atoms with van der Waals surface area (Å²) in [7, 11) is 0. The molecule has 2 atom stereocenters. The molecule has 0 aliphatic rings. The van der Waals surface area contributed by atoms with Gasteiger partial charge in [-0.3, -0.25) is 28.8 Å². The van der Waals surface area contributed by atoms with E-state index in [9.17, 15) is 28.8 Å². The van der Waals surface area contributed by atoms with E-state index < -0.39 is 47.3 Å². The van der Waals surface area contributed by atoms with Crippen molar-refractivity contribution in [2.75, 3.05) is 27.1 Å². The number of halogens is 7. The third kappa shape index (κ3) is 13.3. The monoisotopic (exact) mass is 988 g/mol. The first kappa shape index (κ1) is 48.6. The summed E-state index contributed by atoms with van der Waals surface area (Å²) in [5.41, 5.74) is 1.63. The molecular formula is C42H31Cl7N8O6. The van der Waals surface area contributed by atoms with Crippen molar-refractivity contribution in [3.05, 3.63) is 138 Å². The van der Waals surface area contributed by atoms with Crippen molar-refractivity contribution in [2.24, 2.45) is 20.5 Å². The molecule has 4 N–H and O–H groups in total. The molecule has 0 aromatic heterocycles. The van der Waals surface area contributed by atoms with Crippen LogP contribution in [0.25, 0.3) is 0 Å². The first-order valence-electron chi connectivity index (χ1n) is 18.2. The summed E-state index contributed by atoms with van der Waals surface area (Å²) >= 11 is 43.1. The fourth-order valence-corrected chi connectivity index (χ4v) is 6.62. The minimum Gasteiger partial charge on any atom is -0.324 e. The number of carbonyl (C=O) groups is 6. The number of ketones is 2. The third-order valence-electron chi connectivity index (χ3n) is 8.59. The second-order valence-electron chi connectivity index (χ2n) is 13.2. The highest BCUT2D eigenvalue weighted by Gasteiger charge is 2.26. The summed E-state index contributed by atoms with van der Waals surface area (Å²) in [6.07, 6.45) is 0.194. The number of aryl methyl sites for hydroxylation is 1. The number of rotatable bonds is 16. The molecule has 21 heteroatoms. The maximum Gasteiger partial charge on any atom is 0.258 e. The Labute approximate surface area is 394 Å². The first-order chi connectivity index (χ1) is 29.9. The summed E-state index contributed by atoms with van der Waals surface area (Å²) < 4.78 is 0. The average molecular weight is 992 g/mol. The molecule has 0 radical (unpaired) electrons. The molecule has 0 aliphatic carbocycles. The third-order valence-corrected chi connectivity index (χ3v) is 10.6. The molecule has 0 heterocycles. The summed E-state index contributed by atoms with van der Waals surface area (Å²) in [5.74, 6) is -4.09. The smallest absolute Gasteiger partial charge is 0.258 e. The number of carbonyl (C=O) groups excluding carboxylic acids is 6. The number of Topliss-reactive ketones (excluding diaryl/α,β-unsaturated/α-hetero) is 2. The number of anilines is 4. The molecular weight excluding hydrogens is 961 g/mol. The highest BCUT2D eigenvalue weighted by Crippen LogP contribution is 2.32. The Morgan fingerprint density at radius 3 is 1.40 bits per heavy atom. The van der Waals surface area contributed by atoms with E-state index in [0.717, 1.165) is 13.8 Å². The van der Waals surface area contributed by atoms with Crippen LogP contribution >= 0.6 is 81.2 Å². The quantitative estimate of drug-likeness (QED) is 0.0430. The minimum atomic E-state index is -1.64. The Kier molecular flexibility index (Phi) is 17.2. The van der Waals surface area contributed by atoms with Gasteiger partial charge in [-0.1, -0.05) is 69.6 Å². The molecule has 0 fully saturated rings. The van der Waals surface area contributed by atoms with Crippen molar-refractivity contribution >= 4 is 151 Å². The van der Waals surface area contributed by atoms with Gasteiger partial charge in [0.25, 0.3) is 23.6 Å². The van der Waals surface area contributed by atoms with Gasteiger partial charge >= 0.3 is 0 Å². The molecule has 0 spiro atoms. The molecule has 0 saturated carbocycles. The van der Waals surface area contributed by atoms with E-state index >= 15 is 0 Å². The summed E-state index contributed by atoms with van der Waals surface area (Å²) in [6.45, 7) is 2.29. The normalized spacial score (nSPS) is 12.1. The lowest BCUT2D eigenvalue weighted by Crippen LogP contribution is -2.32. The molecule has 2 unspecified atom stereocenters. The van der Waals surface area contributed by atoms with E-state index in [1.165, 1.54) is 78.9 Å². The van der Waals surface area contributed by atoms with Crippen LogP contribution in [0, 0.1) is 0 Å². The molecule has 0 aliphatic heterocycles. The van der Waals surface area contributed by atoms with Crippen LogP contribution in [0.5, 0.6) is 0 Å². The van der Waals surface area contributed by atoms with Crippen molar-refractivity contribution in [3.63, 3.8) is 0 Å². The van der Waals surface area contributed by atoms with Crippen LogP contribution in [0.15, 0.2) is 111 Å². The van der Waals surface area contributed by atoms with Crippen LogP contribution < -0.4 is 21.3 Å². The Morgan fingerprint density at radius 2 is 0.952 bits per heavy atom. The Balaban J connectivity index is 1.28. The molecule has 4 amide bonds. The van der Waals surface area contributed by atoms with Gasteiger partial charge in [-0.2, -0.15) is 20.5 Å². The molecule has 5 rings (SSSR count). The zero-order valence-corrected chi connectivity index (χ0v) is 37.9. The highest BCUT2D eigenvalue weighted by molar-refractivity contribution is 6.37. The van der Waals surface area contributed by atoms with Gasteiger partial charge < -0.3 is 21.3 Å². The average Bonchev–Trinajstić information content (AvgIpc) is 3.22. The van der Waals surface area contributed by atoms with E-state index in [4.69, 9.17) is 81.2 Å². The predicted octanol–water partition coefficient (Wildman–Crippen LogP) is 12.3. The Bertz CT molecular complexity index is 2700. The first-order valence-corrected chi connectivity index (χ1v) is 21.0.